The highest BCUT2D eigenvalue weighted by Crippen LogP contribution is 2.27. The van der Waals surface area contributed by atoms with E-state index in [4.69, 9.17) is 23.2 Å². The zero-order valence-corrected chi connectivity index (χ0v) is 20.4. The third-order valence-electron chi connectivity index (χ3n) is 5.43. The Morgan fingerprint density at radius 2 is 1.86 bits per heavy atom. The van der Waals surface area contributed by atoms with E-state index in [-0.39, 0.29) is 5.91 Å². The van der Waals surface area contributed by atoms with Crippen molar-refractivity contribution in [1.29, 1.82) is 0 Å². The van der Waals surface area contributed by atoms with Gasteiger partial charge in [0.05, 0.1) is 34.0 Å². The number of nitrogens with one attached hydrogen (secondary N) is 4. The number of H-pyrrole nitrogens is 1. The summed E-state index contributed by atoms with van der Waals surface area (Å²) in [4.78, 5) is 33.4. The molecule has 0 radical (unpaired) electrons. The summed E-state index contributed by atoms with van der Waals surface area (Å²) in [7, 11) is 1.60. The molecule has 3 heterocycles. The highest BCUT2D eigenvalue weighted by Gasteiger charge is 2.15. The molecule has 5 aromatic rings. The number of imidazole rings is 2. The van der Waals surface area contributed by atoms with Gasteiger partial charge in [-0.05, 0) is 43.3 Å². The SMILES string of the molecule is CCn1cnc2c(NCc3nc4cc(Cl)c(Cl)cc4[nH]3)nc(Nc3ccc(C(=O)NC)cc3)nc21. The zero-order valence-electron chi connectivity index (χ0n) is 18.9. The minimum absolute atomic E-state index is 0.150. The van der Waals surface area contributed by atoms with Gasteiger partial charge in [0.1, 0.15) is 5.82 Å². The van der Waals surface area contributed by atoms with Crippen LogP contribution < -0.4 is 16.0 Å². The van der Waals surface area contributed by atoms with Crippen molar-refractivity contribution >= 4 is 68.8 Å². The number of hydrogen-bond acceptors (Lipinski definition) is 7. The van der Waals surface area contributed by atoms with Crippen LogP contribution in [0.2, 0.25) is 10.0 Å². The van der Waals surface area contributed by atoms with E-state index in [1.54, 1.807) is 49.8 Å². The first kappa shape index (κ1) is 22.9. The number of rotatable bonds is 7. The quantitative estimate of drug-likeness (QED) is 0.249. The van der Waals surface area contributed by atoms with Gasteiger partial charge in [0, 0.05) is 24.8 Å². The third kappa shape index (κ3) is 4.58. The fraction of sp³-hybridized carbons (Fsp3) is 0.174. The highest BCUT2D eigenvalue weighted by atomic mass is 35.5. The fourth-order valence-corrected chi connectivity index (χ4v) is 3.96. The predicted octanol–water partition coefficient (Wildman–Crippen LogP) is 4.74. The van der Waals surface area contributed by atoms with Gasteiger partial charge in [-0.2, -0.15) is 9.97 Å². The lowest BCUT2D eigenvalue weighted by atomic mass is 10.2. The Bertz CT molecular complexity index is 1500. The Morgan fingerprint density at radius 1 is 1.09 bits per heavy atom. The number of fused-ring (bicyclic) bond motifs is 2. The van der Waals surface area contributed by atoms with Gasteiger partial charge in [-0.1, -0.05) is 23.2 Å². The van der Waals surface area contributed by atoms with E-state index in [0.717, 1.165) is 16.7 Å². The summed E-state index contributed by atoms with van der Waals surface area (Å²) in [6, 6.07) is 10.5. The summed E-state index contributed by atoms with van der Waals surface area (Å²) >= 11 is 12.2. The number of aryl methyl sites for hydroxylation is 1. The largest absolute Gasteiger partial charge is 0.361 e. The summed E-state index contributed by atoms with van der Waals surface area (Å²) < 4.78 is 1.94. The molecule has 35 heavy (non-hydrogen) atoms. The lowest BCUT2D eigenvalue weighted by molar-refractivity contribution is 0.0963. The van der Waals surface area contributed by atoms with Crippen LogP contribution >= 0.6 is 23.2 Å². The Labute approximate surface area is 210 Å². The standard InChI is InChI=1S/C23H21Cl2N9O/c1-3-34-11-28-19-20(27-10-18-30-16-8-14(24)15(25)9-17(16)31-18)32-23(33-21(19)34)29-13-6-4-12(5-7-13)22(35)26-2/h4-9,11H,3,10H2,1-2H3,(H,26,35)(H,30,31)(H2,27,29,32,33). The Hall–Kier alpha value is -3.89. The number of amides is 1. The summed E-state index contributed by atoms with van der Waals surface area (Å²) in [5.74, 6) is 1.50. The molecule has 0 aliphatic heterocycles. The van der Waals surface area contributed by atoms with E-state index >= 15 is 0 Å². The number of benzene rings is 2. The average molecular weight is 510 g/mol. The second-order valence-corrected chi connectivity index (χ2v) is 8.52. The van der Waals surface area contributed by atoms with E-state index in [1.807, 2.05) is 11.5 Å². The van der Waals surface area contributed by atoms with Gasteiger partial charge in [-0.25, -0.2) is 9.97 Å². The molecule has 4 N–H and O–H groups in total. The minimum Gasteiger partial charge on any atom is -0.361 e. The van der Waals surface area contributed by atoms with E-state index < -0.39 is 0 Å². The summed E-state index contributed by atoms with van der Waals surface area (Å²) in [5, 5.41) is 10.0. The molecule has 5 rings (SSSR count). The molecule has 3 aromatic heterocycles. The van der Waals surface area contributed by atoms with Gasteiger partial charge >= 0.3 is 0 Å². The first-order valence-electron chi connectivity index (χ1n) is 10.8. The molecule has 0 fully saturated rings. The number of nitrogens with zero attached hydrogens (tertiary/aromatic N) is 5. The zero-order chi connectivity index (χ0) is 24.5. The molecule has 0 spiro atoms. The molecule has 12 heteroatoms. The van der Waals surface area contributed by atoms with Crippen molar-refractivity contribution in [2.24, 2.45) is 0 Å². The van der Waals surface area contributed by atoms with Crippen LogP contribution in [-0.4, -0.2) is 42.4 Å². The van der Waals surface area contributed by atoms with Crippen molar-refractivity contribution in [2.75, 3.05) is 17.7 Å². The number of aromatic amines is 1. The van der Waals surface area contributed by atoms with Crippen molar-refractivity contribution < 1.29 is 4.79 Å². The lowest BCUT2D eigenvalue weighted by Gasteiger charge is -2.10. The molecule has 0 saturated heterocycles. The first-order valence-corrected chi connectivity index (χ1v) is 11.6. The number of anilines is 3. The summed E-state index contributed by atoms with van der Waals surface area (Å²) in [6.45, 7) is 3.10. The summed E-state index contributed by atoms with van der Waals surface area (Å²) in [5.41, 5.74) is 4.17. The van der Waals surface area contributed by atoms with E-state index in [9.17, 15) is 4.79 Å². The molecule has 0 bridgehead atoms. The monoisotopic (exact) mass is 509 g/mol. The van der Waals surface area contributed by atoms with Gasteiger partial charge in [-0.15, -0.1) is 0 Å². The van der Waals surface area contributed by atoms with Gasteiger partial charge < -0.3 is 25.5 Å². The lowest BCUT2D eigenvalue weighted by Crippen LogP contribution is -2.17. The Kier molecular flexibility index (Phi) is 6.14. The normalized spacial score (nSPS) is 11.2. The number of aromatic nitrogens is 6. The van der Waals surface area contributed by atoms with Gasteiger partial charge in [0.15, 0.2) is 17.0 Å². The van der Waals surface area contributed by atoms with E-state index in [2.05, 4.69) is 40.9 Å². The maximum Gasteiger partial charge on any atom is 0.251 e. The van der Waals surface area contributed by atoms with Crippen molar-refractivity contribution in [3.63, 3.8) is 0 Å². The van der Waals surface area contributed by atoms with Crippen molar-refractivity contribution in [1.82, 2.24) is 34.8 Å². The Balaban J connectivity index is 1.43. The van der Waals surface area contributed by atoms with Crippen LogP contribution in [0, 0.1) is 0 Å². The van der Waals surface area contributed by atoms with Crippen molar-refractivity contribution in [3.05, 3.63) is 64.2 Å². The second-order valence-electron chi connectivity index (χ2n) is 7.70. The predicted molar refractivity (Wildman–Crippen MR) is 138 cm³/mol. The molecule has 0 aliphatic carbocycles. The van der Waals surface area contributed by atoms with E-state index in [0.29, 0.717) is 57.5 Å². The van der Waals surface area contributed by atoms with Crippen LogP contribution in [0.3, 0.4) is 0 Å². The Morgan fingerprint density at radius 3 is 2.60 bits per heavy atom. The molecule has 10 nitrogen and oxygen atoms in total. The molecule has 178 valence electrons. The molecular weight excluding hydrogens is 489 g/mol. The van der Waals surface area contributed by atoms with Crippen LogP contribution in [0.5, 0.6) is 0 Å². The molecule has 1 amide bonds. The third-order valence-corrected chi connectivity index (χ3v) is 6.15. The van der Waals surface area contributed by atoms with Crippen molar-refractivity contribution in [2.45, 2.75) is 20.0 Å². The van der Waals surface area contributed by atoms with Crippen molar-refractivity contribution in [3.8, 4) is 0 Å². The molecule has 0 atom stereocenters. The van der Waals surface area contributed by atoms with E-state index in [1.165, 1.54) is 0 Å². The second kappa shape index (κ2) is 9.40. The summed E-state index contributed by atoms with van der Waals surface area (Å²) in [6.07, 6.45) is 1.73. The topological polar surface area (TPSA) is 125 Å². The molecule has 2 aromatic carbocycles. The van der Waals surface area contributed by atoms with Gasteiger partial charge in [0.2, 0.25) is 5.95 Å². The fourth-order valence-electron chi connectivity index (χ4n) is 3.64. The average Bonchev–Trinajstić information content (AvgIpc) is 3.46. The minimum atomic E-state index is -0.150. The maximum atomic E-state index is 11.8. The van der Waals surface area contributed by atoms with Crippen LogP contribution in [0.15, 0.2) is 42.7 Å². The van der Waals surface area contributed by atoms with Crippen LogP contribution in [0.4, 0.5) is 17.5 Å². The van der Waals surface area contributed by atoms with Crippen LogP contribution in [0.25, 0.3) is 22.2 Å². The number of halogens is 2. The number of hydrogen-bond donors (Lipinski definition) is 4. The van der Waals surface area contributed by atoms with Gasteiger partial charge in [-0.3, -0.25) is 4.79 Å². The number of carbonyl (C=O) groups is 1. The molecule has 0 aliphatic rings. The maximum absolute atomic E-state index is 11.8. The van der Waals surface area contributed by atoms with Gasteiger partial charge in [0.25, 0.3) is 5.91 Å². The van der Waals surface area contributed by atoms with Crippen LogP contribution in [-0.2, 0) is 13.1 Å². The highest BCUT2D eigenvalue weighted by molar-refractivity contribution is 6.42. The molecule has 0 saturated carbocycles. The number of carbonyl (C=O) groups excluding carboxylic acids is 1. The molecular formula is C23H21Cl2N9O. The smallest absolute Gasteiger partial charge is 0.251 e. The first-order chi connectivity index (χ1) is 16.9. The van der Waals surface area contributed by atoms with Crippen LogP contribution in [0.1, 0.15) is 23.1 Å². The molecule has 0 unspecified atom stereocenters.